The molecule has 0 saturated heterocycles. The highest BCUT2D eigenvalue weighted by Crippen LogP contribution is 2.23. The number of Topliss-reactive ketones (excluding diaryl/α,β-unsaturated/α-hetero) is 1. The van der Waals surface area contributed by atoms with Gasteiger partial charge in [-0.05, 0) is 18.8 Å². The molecule has 1 nitrogen and oxygen atoms in total. The minimum Gasteiger partial charge on any atom is -0.300 e. The molecule has 0 saturated carbocycles. The number of hydrogen-bond donors (Lipinski definition) is 0. The Bertz CT molecular complexity index is 259. The first-order chi connectivity index (χ1) is 11.7. The Morgan fingerprint density at radius 3 is 1.58 bits per heavy atom. The van der Waals surface area contributed by atoms with E-state index in [-0.39, 0.29) is 0 Å². The summed E-state index contributed by atoms with van der Waals surface area (Å²) < 4.78 is 0. The van der Waals surface area contributed by atoms with Crippen LogP contribution in [0.25, 0.3) is 0 Å². The molecule has 0 aliphatic heterocycles. The second-order valence-electron chi connectivity index (χ2n) is 7.81. The van der Waals surface area contributed by atoms with Crippen LogP contribution in [0.15, 0.2) is 0 Å². The fourth-order valence-electron chi connectivity index (χ4n) is 3.61. The van der Waals surface area contributed by atoms with E-state index in [4.69, 9.17) is 0 Å². The Balaban J connectivity index is 3.82. The van der Waals surface area contributed by atoms with Crippen molar-refractivity contribution in [1.82, 2.24) is 0 Å². The molecular weight excluding hydrogens is 292 g/mol. The van der Waals surface area contributed by atoms with Gasteiger partial charge in [0.2, 0.25) is 0 Å². The first-order valence-corrected chi connectivity index (χ1v) is 11.3. The molecule has 24 heavy (non-hydrogen) atoms. The molecule has 0 aliphatic carbocycles. The van der Waals surface area contributed by atoms with E-state index >= 15 is 0 Å². The van der Waals surface area contributed by atoms with Crippen LogP contribution in [0.2, 0.25) is 0 Å². The van der Waals surface area contributed by atoms with E-state index in [2.05, 4.69) is 20.8 Å². The minimum atomic E-state index is 0.515. The first kappa shape index (κ1) is 23.7. The molecule has 0 heterocycles. The molecule has 0 amide bonds. The van der Waals surface area contributed by atoms with Gasteiger partial charge in [0.1, 0.15) is 5.78 Å². The fraction of sp³-hybridized carbons (Fsp3) is 0.957. The molecule has 0 aromatic heterocycles. The Labute approximate surface area is 153 Å². The summed E-state index contributed by atoms with van der Waals surface area (Å²) in [4.78, 5) is 12.0. The Hall–Kier alpha value is -0.330. The van der Waals surface area contributed by atoms with Gasteiger partial charge < -0.3 is 0 Å². The third-order valence-corrected chi connectivity index (χ3v) is 5.31. The lowest BCUT2D eigenvalue weighted by molar-refractivity contribution is -0.119. The summed E-state index contributed by atoms with van der Waals surface area (Å²) in [6.45, 7) is 6.80. The van der Waals surface area contributed by atoms with E-state index in [0.29, 0.717) is 5.78 Å². The fourth-order valence-corrected chi connectivity index (χ4v) is 3.61. The van der Waals surface area contributed by atoms with Crippen LogP contribution < -0.4 is 0 Å². The van der Waals surface area contributed by atoms with E-state index in [1.165, 1.54) is 89.9 Å². The molecule has 1 unspecified atom stereocenters. The normalized spacial score (nSPS) is 12.5. The Morgan fingerprint density at radius 1 is 0.542 bits per heavy atom. The molecule has 1 atom stereocenters. The van der Waals surface area contributed by atoms with Crippen molar-refractivity contribution in [2.75, 3.05) is 0 Å². The summed E-state index contributed by atoms with van der Waals surface area (Å²) in [5.41, 5.74) is 0. The highest BCUT2D eigenvalue weighted by molar-refractivity contribution is 5.78. The molecule has 0 spiro atoms. The molecule has 0 aromatic rings. The van der Waals surface area contributed by atoms with Gasteiger partial charge >= 0.3 is 0 Å². The van der Waals surface area contributed by atoms with Crippen molar-refractivity contribution in [3.8, 4) is 0 Å². The van der Waals surface area contributed by atoms with Gasteiger partial charge in [-0.2, -0.15) is 0 Å². The predicted octanol–water partition coefficient (Wildman–Crippen LogP) is 8.25. The van der Waals surface area contributed by atoms with Crippen LogP contribution >= 0.6 is 0 Å². The van der Waals surface area contributed by atoms with Crippen LogP contribution in [-0.2, 0) is 4.79 Å². The van der Waals surface area contributed by atoms with Crippen molar-refractivity contribution in [3.63, 3.8) is 0 Å². The molecular formula is C23H46O. The summed E-state index contributed by atoms with van der Waals surface area (Å²) in [5.74, 6) is 1.40. The van der Waals surface area contributed by atoms with Gasteiger partial charge in [-0.25, -0.2) is 0 Å². The molecule has 0 fully saturated rings. The van der Waals surface area contributed by atoms with Crippen LogP contribution in [0.3, 0.4) is 0 Å². The summed E-state index contributed by atoms with van der Waals surface area (Å²) in [5, 5.41) is 0. The molecule has 0 aromatic carbocycles. The quantitative estimate of drug-likeness (QED) is 0.217. The standard InChI is InChI=1S/C23H46O/c1-4-7-10-12-14-18-22(17-13-9-6-3)19-16-21-23(24)20-15-11-8-5-2/h22H,4-21H2,1-3H3. The van der Waals surface area contributed by atoms with Crippen molar-refractivity contribution in [2.24, 2.45) is 5.92 Å². The molecule has 0 N–H and O–H groups in total. The van der Waals surface area contributed by atoms with Crippen molar-refractivity contribution >= 4 is 5.78 Å². The third-order valence-electron chi connectivity index (χ3n) is 5.31. The molecule has 0 aliphatic rings. The average Bonchev–Trinajstić information content (AvgIpc) is 2.58. The van der Waals surface area contributed by atoms with E-state index in [9.17, 15) is 4.79 Å². The second-order valence-corrected chi connectivity index (χ2v) is 7.81. The van der Waals surface area contributed by atoms with Crippen LogP contribution in [0.5, 0.6) is 0 Å². The second kappa shape index (κ2) is 19.0. The van der Waals surface area contributed by atoms with Crippen LogP contribution in [-0.4, -0.2) is 5.78 Å². The van der Waals surface area contributed by atoms with Gasteiger partial charge in [-0.15, -0.1) is 0 Å². The van der Waals surface area contributed by atoms with Gasteiger partial charge in [0.05, 0.1) is 0 Å². The van der Waals surface area contributed by atoms with Crippen LogP contribution in [0.1, 0.15) is 136 Å². The third kappa shape index (κ3) is 16.5. The number of carbonyl (C=O) groups excluding carboxylic acids is 1. The largest absolute Gasteiger partial charge is 0.300 e. The van der Waals surface area contributed by atoms with Gasteiger partial charge in [0, 0.05) is 12.8 Å². The summed E-state index contributed by atoms with van der Waals surface area (Å²) >= 11 is 0. The van der Waals surface area contributed by atoms with Crippen molar-refractivity contribution in [2.45, 2.75) is 136 Å². The van der Waals surface area contributed by atoms with Crippen molar-refractivity contribution in [3.05, 3.63) is 0 Å². The average molecular weight is 339 g/mol. The maximum Gasteiger partial charge on any atom is 0.132 e. The van der Waals surface area contributed by atoms with E-state index in [0.717, 1.165) is 31.6 Å². The highest BCUT2D eigenvalue weighted by atomic mass is 16.1. The first-order valence-electron chi connectivity index (χ1n) is 11.3. The van der Waals surface area contributed by atoms with Gasteiger partial charge in [-0.1, -0.05) is 111 Å². The van der Waals surface area contributed by atoms with E-state index < -0.39 is 0 Å². The zero-order valence-corrected chi connectivity index (χ0v) is 17.2. The predicted molar refractivity (Wildman–Crippen MR) is 109 cm³/mol. The zero-order chi connectivity index (χ0) is 17.9. The number of ketones is 1. The molecule has 0 radical (unpaired) electrons. The van der Waals surface area contributed by atoms with Gasteiger partial charge in [0.15, 0.2) is 0 Å². The Kier molecular flexibility index (Phi) is 18.7. The number of hydrogen-bond acceptors (Lipinski definition) is 1. The number of unbranched alkanes of at least 4 members (excludes halogenated alkanes) is 9. The van der Waals surface area contributed by atoms with Crippen molar-refractivity contribution in [1.29, 1.82) is 0 Å². The monoisotopic (exact) mass is 338 g/mol. The van der Waals surface area contributed by atoms with Gasteiger partial charge in [-0.3, -0.25) is 4.79 Å². The van der Waals surface area contributed by atoms with Crippen molar-refractivity contribution < 1.29 is 4.79 Å². The lowest BCUT2D eigenvalue weighted by Crippen LogP contribution is -2.04. The maximum atomic E-state index is 12.0. The molecule has 144 valence electrons. The summed E-state index contributed by atoms with van der Waals surface area (Å²) in [6, 6.07) is 0. The maximum absolute atomic E-state index is 12.0. The Morgan fingerprint density at radius 2 is 0.958 bits per heavy atom. The van der Waals surface area contributed by atoms with Crippen LogP contribution in [0, 0.1) is 5.92 Å². The smallest absolute Gasteiger partial charge is 0.132 e. The topological polar surface area (TPSA) is 17.1 Å². The molecule has 0 bridgehead atoms. The minimum absolute atomic E-state index is 0.515. The number of carbonyl (C=O) groups is 1. The molecule has 0 rings (SSSR count). The highest BCUT2D eigenvalue weighted by Gasteiger charge is 2.10. The lowest BCUT2D eigenvalue weighted by Gasteiger charge is -2.16. The zero-order valence-electron chi connectivity index (χ0n) is 17.2. The summed E-state index contributed by atoms with van der Waals surface area (Å²) in [6.07, 6.45) is 22.8. The van der Waals surface area contributed by atoms with E-state index in [1.807, 2.05) is 0 Å². The number of rotatable bonds is 19. The van der Waals surface area contributed by atoms with E-state index in [1.54, 1.807) is 0 Å². The lowest BCUT2D eigenvalue weighted by atomic mass is 9.89. The SMILES string of the molecule is CCCCCCCC(CCCCC)CCCC(=O)CCCCCC. The van der Waals surface area contributed by atoms with Crippen LogP contribution in [0.4, 0.5) is 0 Å². The molecule has 1 heteroatoms. The van der Waals surface area contributed by atoms with Gasteiger partial charge in [0.25, 0.3) is 0 Å². The summed E-state index contributed by atoms with van der Waals surface area (Å²) in [7, 11) is 0.